The van der Waals surface area contributed by atoms with Crippen LogP contribution in [0.3, 0.4) is 0 Å². The van der Waals surface area contributed by atoms with E-state index < -0.39 is 27.5 Å². The Balaban J connectivity index is 2.82. The molecular formula is C17H26ClN3O4S. The molecule has 146 valence electrons. The van der Waals surface area contributed by atoms with Crippen LogP contribution >= 0.6 is 11.6 Å². The molecule has 0 heterocycles. The van der Waals surface area contributed by atoms with Gasteiger partial charge in [0.05, 0.1) is 11.4 Å². The Bertz CT molecular complexity index is 758. The average molecular weight is 404 g/mol. The molecule has 0 spiro atoms. The van der Waals surface area contributed by atoms with Crippen molar-refractivity contribution in [3.8, 4) is 0 Å². The van der Waals surface area contributed by atoms with Crippen LogP contribution in [-0.2, 0) is 19.6 Å². The summed E-state index contributed by atoms with van der Waals surface area (Å²) in [6.07, 6.45) is 0. The molecule has 2 amide bonds. The zero-order valence-electron chi connectivity index (χ0n) is 15.6. The molecule has 1 atom stereocenters. The number of carbonyl (C=O) groups excluding carboxylic acids is 2. The highest BCUT2D eigenvalue weighted by atomic mass is 35.5. The molecule has 1 aromatic carbocycles. The average Bonchev–Trinajstić information content (AvgIpc) is 2.48. The van der Waals surface area contributed by atoms with Crippen LogP contribution in [0.2, 0.25) is 5.02 Å². The van der Waals surface area contributed by atoms with E-state index in [2.05, 4.69) is 15.4 Å². The molecule has 1 aromatic rings. The van der Waals surface area contributed by atoms with Crippen molar-refractivity contribution in [2.45, 2.75) is 51.1 Å². The minimum Gasteiger partial charge on any atom is -0.350 e. The minimum atomic E-state index is -3.94. The largest absolute Gasteiger partial charge is 0.350 e. The summed E-state index contributed by atoms with van der Waals surface area (Å²) >= 11 is 5.83. The molecule has 0 aromatic heterocycles. The topological polar surface area (TPSA) is 104 Å². The van der Waals surface area contributed by atoms with Gasteiger partial charge in [-0.1, -0.05) is 31.5 Å². The third-order valence-electron chi connectivity index (χ3n) is 3.28. The Morgan fingerprint density at radius 3 is 2.31 bits per heavy atom. The molecule has 0 fully saturated rings. The molecule has 0 radical (unpaired) electrons. The Kier molecular flexibility index (Phi) is 7.61. The van der Waals surface area contributed by atoms with Crippen molar-refractivity contribution in [3.63, 3.8) is 0 Å². The summed E-state index contributed by atoms with van der Waals surface area (Å²) in [7, 11) is -3.94. The zero-order valence-corrected chi connectivity index (χ0v) is 17.2. The molecule has 0 aliphatic heterocycles. The highest BCUT2D eigenvalue weighted by molar-refractivity contribution is 7.89. The van der Waals surface area contributed by atoms with Gasteiger partial charge in [0, 0.05) is 10.6 Å². The van der Waals surface area contributed by atoms with E-state index in [4.69, 9.17) is 11.6 Å². The maximum absolute atomic E-state index is 12.5. The van der Waals surface area contributed by atoms with E-state index in [1.807, 2.05) is 20.8 Å². The Labute approximate surface area is 159 Å². The molecule has 0 saturated heterocycles. The van der Waals surface area contributed by atoms with Crippen molar-refractivity contribution in [3.05, 3.63) is 29.3 Å². The molecule has 0 bridgehead atoms. The van der Waals surface area contributed by atoms with Crippen LogP contribution in [0.5, 0.6) is 0 Å². The van der Waals surface area contributed by atoms with E-state index in [9.17, 15) is 18.0 Å². The van der Waals surface area contributed by atoms with Crippen molar-refractivity contribution in [1.29, 1.82) is 0 Å². The lowest BCUT2D eigenvalue weighted by Crippen LogP contribution is -2.52. The summed E-state index contributed by atoms with van der Waals surface area (Å²) in [5.41, 5.74) is -0.423. The molecule has 0 aliphatic carbocycles. The van der Waals surface area contributed by atoms with Crippen LogP contribution in [0.25, 0.3) is 0 Å². The normalized spacial score (nSPS) is 13.3. The van der Waals surface area contributed by atoms with Gasteiger partial charge < -0.3 is 10.6 Å². The first-order chi connectivity index (χ1) is 11.8. The van der Waals surface area contributed by atoms with Crippen LogP contribution in [0.15, 0.2) is 29.2 Å². The van der Waals surface area contributed by atoms with Gasteiger partial charge in [0.2, 0.25) is 21.8 Å². The number of hydrogen-bond donors (Lipinski definition) is 3. The lowest BCUT2D eigenvalue weighted by Gasteiger charge is -2.23. The third kappa shape index (κ3) is 7.31. The van der Waals surface area contributed by atoms with E-state index >= 15 is 0 Å². The summed E-state index contributed by atoms with van der Waals surface area (Å²) < 4.78 is 27.4. The van der Waals surface area contributed by atoms with Crippen LogP contribution in [0, 0.1) is 5.92 Å². The van der Waals surface area contributed by atoms with Crippen molar-refractivity contribution >= 4 is 33.4 Å². The van der Waals surface area contributed by atoms with Gasteiger partial charge in [-0.05, 0) is 44.9 Å². The van der Waals surface area contributed by atoms with Crippen molar-refractivity contribution in [2.24, 2.45) is 5.92 Å². The van der Waals surface area contributed by atoms with E-state index in [1.54, 1.807) is 19.9 Å². The molecule has 1 rings (SSSR count). The summed E-state index contributed by atoms with van der Waals surface area (Å²) in [5.74, 6) is -1.25. The van der Waals surface area contributed by atoms with Gasteiger partial charge in [-0.15, -0.1) is 0 Å². The standard InChI is InChI=1S/C17H26ClN3O4S/c1-11(2)15(16(23)19-10-14(22)20-17(3,4)5)21-26(24,25)13-8-6-7-12(18)9-13/h6-9,11,15,21H,10H2,1-5H3,(H,19,23)(H,20,22)/t15-/m0/s1. The Morgan fingerprint density at radius 2 is 1.81 bits per heavy atom. The number of carbonyl (C=O) groups is 2. The molecule has 3 N–H and O–H groups in total. The lowest BCUT2D eigenvalue weighted by atomic mass is 10.1. The second-order valence-corrected chi connectivity index (χ2v) is 9.47. The van der Waals surface area contributed by atoms with Crippen LogP contribution in [0.1, 0.15) is 34.6 Å². The number of halogens is 1. The lowest BCUT2D eigenvalue weighted by molar-refractivity contribution is -0.128. The Hall–Kier alpha value is -1.64. The predicted molar refractivity (Wildman–Crippen MR) is 101 cm³/mol. The summed E-state index contributed by atoms with van der Waals surface area (Å²) in [6, 6.07) is 4.73. The van der Waals surface area contributed by atoms with Gasteiger partial charge in [-0.3, -0.25) is 9.59 Å². The van der Waals surface area contributed by atoms with Gasteiger partial charge in [-0.25, -0.2) is 8.42 Å². The van der Waals surface area contributed by atoms with E-state index in [0.29, 0.717) is 0 Å². The number of amides is 2. The minimum absolute atomic E-state index is 0.0334. The summed E-state index contributed by atoms with van der Waals surface area (Å²) in [5, 5.41) is 5.46. The predicted octanol–water partition coefficient (Wildman–Crippen LogP) is 1.67. The zero-order chi connectivity index (χ0) is 20.1. The van der Waals surface area contributed by atoms with Gasteiger partial charge in [0.15, 0.2) is 0 Å². The van der Waals surface area contributed by atoms with Crippen molar-refractivity contribution in [1.82, 2.24) is 15.4 Å². The molecule has 7 nitrogen and oxygen atoms in total. The molecule has 26 heavy (non-hydrogen) atoms. The number of hydrogen-bond acceptors (Lipinski definition) is 4. The quantitative estimate of drug-likeness (QED) is 0.644. The third-order valence-corrected chi connectivity index (χ3v) is 4.95. The van der Waals surface area contributed by atoms with E-state index in [0.717, 1.165) is 0 Å². The maximum Gasteiger partial charge on any atom is 0.241 e. The van der Waals surface area contributed by atoms with Gasteiger partial charge in [-0.2, -0.15) is 4.72 Å². The maximum atomic E-state index is 12.5. The fourth-order valence-electron chi connectivity index (χ4n) is 2.10. The first kappa shape index (κ1) is 22.4. The molecular weight excluding hydrogens is 378 g/mol. The van der Waals surface area contributed by atoms with Crippen LogP contribution in [0.4, 0.5) is 0 Å². The number of benzene rings is 1. The molecule has 0 saturated carbocycles. The van der Waals surface area contributed by atoms with Gasteiger partial charge >= 0.3 is 0 Å². The molecule has 0 aliphatic rings. The number of nitrogens with one attached hydrogen (secondary N) is 3. The van der Waals surface area contributed by atoms with Crippen molar-refractivity contribution in [2.75, 3.05) is 6.54 Å². The van der Waals surface area contributed by atoms with E-state index in [-0.39, 0.29) is 28.3 Å². The monoisotopic (exact) mass is 403 g/mol. The van der Waals surface area contributed by atoms with Gasteiger partial charge in [0.25, 0.3) is 0 Å². The Morgan fingerprint density at radius 1 is 1.19 bits per heavy atom. The van der Waals surface area contributed by atoms with Crippen molar-refractivity contribution < 1.29 is 18.0 Å². The first-order valence-corrected chi connectivity index (χ1v) is 10.0. The second kappa shape index (κ2) is 8.83. The SMILES string of the molecule is CC(C)[C@H](NS(=O)(=O)c1cccc(Cl)c1)C(=O)NCC(=O)NC(C)(C)C. The van der Waals surface area contributed by atoms with Crippen LogP contribution < -0.4 is 15.4 Å². The first-order valence-electron chi connectivity index (χ1n) is 8.18. The molecule has 0 unspecified atom stereocenters. The van der Waals surface area contributed by atoms with E-state index in [1.165, 1.54) is 18.2 Å². The number of sulfonamides is 1. The van der Waals surface area contributed by atoms with Crippen LogP contribution in [-0.4, -0.2) is 38.4 Å². The fourth-order valence-corrected chi connectivity index (χ4v) is 3.75. The fraction of sp³-hybridized carbons (Fsp3) is 0.529. The molecule has 9 heteroatoms. The smallest absolute Gasteiger partial charge is 0.241 e. The highest BCUT2D eigenvalue weighted by Crippen LogP contribution is 2.16. The second-order valence-electron chi connectivity index (χ2n) is 7.32. The highest BCUT2D eigenvalue weighted by Gasteiger charge is 2.29. The van der Waals surface area contributed by atoms with Gasteiger partial charge in [0.1, 0.15) is 6.04 Å². The summed E-state index contributed by atoms with van der Waals surface area (Å²) in [6.45, 7) is 8.65. The number of rotatable bonds is 7. The summed E-state index contributed by atoms with van der Waals surface area (Å²) in [4.78, 5) is 24.2.